The number of hydrogen-bond acceptors (Lipinski definition) is 6. The fraction of sp³-hybridized carbons (Fsp3) is 0.231. The highest BCUT2D eigenvalue weighted by Gasteiger charge is 2.12. The molecule has 1 aromatic carbocycles. The highest BCUT2D eigenvalue weighted by molar-refractivity contribution is 7.99. The van der Waals surface area contributed by atoms with Crippen molar-refractivity contribution in [1.82, 2.24) is 9.97 Å². The molecule has 5 nitrogen and oxygen atoms in total. The molecule has 0 saturated heterocycles. The van der Waals surface area contributed by atoms with E-state index >= 15 is 0 Å². The third kappa shape index (κ3) is 3.36. The lowest BCUT2D eigenvalue weighted by atomic mass is 10.1. The Morgan fingerprint density at radius 1 is 1.21 bits per heavy atom. The van der Waals surface area contributed by atoms with Crippen LogP contribution in [0.3, 0.4) is 0 Å². The number of hydrogen-bond donors (Lipinski definition) is 3. The SMILES string of the molecule is CC[C@@H](O)c1ccccc1Sc1nc(N)cc(N)n1. The first kappa shape index (κ1) is 13.6. The Morgan fingerprint density at radius 3 is 2.47 bits per heavy atom. The molecular weight excluding hydrogens is 260 g/mol. The van der Waals surface area contributed by atoms with Gasteiger partial charge in [0, 0.05) is 11.0 Å². The van der Waals surface area contributed by atoms with Crippen molar-refractivity contribution in [3.63, 3.8) is 0 Å². The van der Waals surface area contributed by atoms with Crippen molar-refractivity contribution in [2.45, 2.75) is 29.5 Å². The minimum Gasteiger partial charge on any atom is -0.388 e. The number of anilines is 2. The van der Waals surface area contributed by atoms with Crippen molar-refractivity contribution < 1.29 is 5.11 Å². The van der Waals surface area contributed by atoms with E-state index < -0.39 is 6.10 Å². The van der Waals surface area contributed by atoms with Gasteiger partial charge in [0.15, 0.2) is 5.16 Å². The first-order chi connectivity index (χ1) is 9.10. The molecule has 0 unspecified atom stereocenters. The van der Waals surface area contributed by atoms with Crippen molar-refractivity contribution in [3.8, 4) is 0 Å². The van der Waals surface area contributed by atoms with Crippen LogP contribution in [0.25, 0.3) is 0 Å². The summed E-state index contributed by atoms with van der Waals surface area (Å²) in [6.45, 7) is 1.93. The predicted octanol–water partition coefficient (Wildman–Crippen LogP) is 2.24. The fourth-order valence-electron chi connectivity index (χ4n) is 1.67. The maximum atomic E-state index is 9.99. The predicted molar refractivity (Wildman–Crippen MR) is 76.7 cm³/mol. The molecule has 1 atom stereocenters. The van der Waals surface area contributed by atoms with Crippen LogP contribution < -0.4 is 11.5 Å². The molecule has 6 heteroatoms. The van der Waals surface area contributed by atoms with Crippen LogP contribution in [-0.4, -0.2) is 15.1 Å². The second-order valence-electron chi connectivity index (χ2n) is 4.06. The molecule has 0 fully saturated rings. The average molecular weight is 276 g/mol. The Balaban J connectivity index is 2.32. The summed E-state index contributed by atoms with van der Waals surface area (Å²) in [5, 5.41) is 10.5. The van der Waals surface area contributed by atoms with Gasteiger partial charge in [-0.05, 0) is 29.8 Å². The van der Waals surface area contributed by atoms with E-state index in [1.165, 1.54) is 17.8 Å². The van der Waals surface area contributed by atoms with Crippen molar-refractivity contribution in [2.75, 3.05) is 11.5 Å². The molecule has 19 heavy (non-hydrogen) atoms. The standard InChI is InChI=1S/C13H16N4OS/c1-2-9(18)8-5-3-4-6-10(8)19-13-16-11(14)7-12(15)17-13/h3-7,9,18H,2H2,1H3,(H4,14,15,16,17)/t9-/m1/s1. The van der Waals surface area contributed by atoms with E-state index in [1.54, 1.807) is 0 Å². The van der Waals surface area contributed by atoms with E-state index in [1.807, 2.05) is 31.2 Å². The zero-order valence-corrected chi connectivity index (χ0v) is 11.4. The molecule has 2 aromatic rings. The third-order valence-corrected chi connectivity index (χ3v) is 3.57. The maximum Gasteiger partial charge on any atom is 0.196 e. The smallest absolute Gasteiger partial charge is 0.196 e. The van der Waals surface area contributed by atoms with Gasteiger partial charge in [0.2, 0.25) is 0 Å². The number of benzene rings is 1. The molecule has 5 N–H and O–H groups in total. The zero-order chi connectivity index (χ0) is 13.8. The van der Waals surface area contributed by atoms with E-state index in [9.17, 15) is 5.11 Å². The van der Waals surface area contributed by atoms with Crippen LogP contribution in [0, 0.1) is 0 Å². The Bertz CT molecular complexity index is 556. The number of aliphatic hydroxyl groups excluding tert-OH is 1. The van der Waals surface area contributed by atoms with Crippen LogP contribution in [0.2, 0.25) is 0 Å². The van der Waals surface area contributed by atoms with Gasteiger partial charge in [-0.1, -0.05) is 25.1 Å². The number of nitrogens with two attached hydrogens (primary N) is 2. The van der Waals surface area contributed by atoms with Crippen LogP contribution in [0.4, 0.5) is 11.6 Å². The van der Waals surface area contributed by atoms with E-state index in [0.717, 1.165) is 10.5 Å². The first-order valence-electron chi connectivity index (χ1n) is 5.95. The van der Waals surface area contributed by atoms with Gasteiger partial charge < -0.3 is 16.6 Å². The lowest BCUT2D eigenvalue weighted by Gasteiger charge is -2.13. The van der Waals surface area contributed by atoms with Gasteiger partial charge in [0.1, 0.15) is 11.6 Å². The number of nitrogens with zero attached hydrogens (tertiary/aromatic N) is 2. The molecule has 100 valence electrons. The topological polar surface area (TPSA) is 98.0 Å². The zero-order valence-electron chi connectivity index (χ0n) is 10.6. The van der Waals surface area contributed by atoms with Crippen molar-refractivity contribution >= 4 is 23.4 Å². The molecule has 0 radical (unpaired) electrons. The van der Waals surface area contributed by atoms with Crippen LogP contribution >= 0.6 is 11.8 Å². The van der Waals surface area contributed by atoms with Crippen molar-refractivity contribution in [3.05, 3.63) is 35.9 Å². The summed E-state index contributed by atoms with van der Waals surface area (Å²) in [5.41, 5.74) is 12.1. The van der Waals surface area contributed by atoms with Gasteiger partial charge in [0.25, 0.3) is 0 Å². The van der Waals surface area contributed by atoms with Crippen molar-refractivity contribution in [1.29, 1.82) is 0 Å². The second-order valence-corrected chi connectivity index (χ2v) is 5.07. The molecule has 0 aliphatic carbocycles. The second kappa shape index (κ2) is 5.90. The highest BCUT2D eigenvalue weighted by atomic mass is 32.2. The molecule has 0 spiro atoms. The fourth-order valence-corrected chi connectivity index (χ4v) is 2.64. The van der Waals surface area contributed by atoms with E-state index in [0.29, 0.717) is 23.2 Å². The van der Waals surface area contributed by atoms with Crippen LogP contribution in [0.15, 0.2) is 40.4 Å². The minimum atomic E-state index is -0.498. The Hall–Kier alpha value is -1.79. The van der Waals surface area contributed by atoms with E-state index in [-0.39, 0.29) is 0 Å². The average Bonchev–Trinajstić information content (AvgIpc) is 2.37. The van der Waals surface area contributed by atoms with Crippen LogP contribution in [0.1, 0.15) is 25.0 Å². The summed E-state index contributed by atoms with van der Waals surface area (Å²) < 4.78 is 0. The summed E-state index contributed by atoms with van der Waals surface area (Å²) in [5.74, 6) is 0.673. The molecule has 0 bridgehead atoms. The quantitative estimate of drug-likeness (QED) is 0.741. The summed E-state index contributed by atoms with van der Waals surface area (Å²) in [6, 6.07) is 9.13. The van der Waals surface area contributed by atoms with Crippen LogP contribution in [0.5, 0.6) is 0 Å². The molecule has 0 aliphatic rings. The van der Waals surface area contributed by atoms with Gasteiger partial charge in [-0.15, -0.1) is 0 Å². The lowest BCUT2D eigenvalue weighted by molar-refractivity contribution is 0.171. The Labute approximate surface area is 116 Å². The minimum absolute atomic E-state index is 0.337. The lowest BCUT2D eigenvalue weighted by Crippen LogP contribution is -2.01. The molecule has 2 rings (SSSR count). The third-order valence-electron chi connectivity index (χ3n) is 2.61. The Kier molecular flexibility index (Phi) is 4.24. The molecule has 1 aromatic heterocycles. The van der Waals surface area contributed by atoms with Crippen molar-refractivity contribution in [2.24, 2.45) is 0 Å². The summed E-state index contributed by atoms with van der Waals surface area (Å²) in [4.78, 5) is 9.15. The number of rotatable bonds is 4. The maximum absolute atomic E-state index is 9.99. The number of nitrogen functional groups attached to an aromatic ring is 2. The van der Waals surface area contributed by atoms with Crippen LogP contribution in [-0.2, 0) is 0 Å². The largest absolute Gasteiger partial charge is 0.388 e. The molecule has 0 saturated carbocycles. The first-order valence-corrected chi connectivity index (χ1v) is 6.76. The monoisotopic (exact) mass is 276 g/mol. The van der Waals surface area contributed by atoms with Gasteiger partial charge in [-0.2, -0.15) is 0 Å². The molecular formula is C13H16N4OS. The summed E-state index contributed by atoms with van der Waals surface area (Å²) in [6.07, 6.45) is 0.152. The summed E-state index contributed by atoms with van der Waals surface area (Å²) >= 11 is 1.34. The van der Waals surface area contributed by atoms with Gasteiger partial charge >= 0.3 is 0 Å². The van der Waals surface area contributed by atoms with E-state index in [2.05, 4.69) is 9.97 Å². The van der Waals surface area contributed by atoms with Gasteiger partial charge in [-0.3, -0.25) is 0 Å². The highest BCUT2D eigenvalue weighted by Crippen LogP contribution is 2.32. The molecule has 1 heterocycles. The summed E-state index contributed by atoms with van der Waals surface area (Å²) in [7, 11) is 0. The van der Waals surface area contributed by atoms with Gasteiger partial charge in [-0.25, -0.2) is 9.97 Å². The van der Waals surface area contributed by atoms with E-state index in [4.69, 9.17) is 11.5 Å². The number of aromatic nitrogens is 2. The molecule has 0 aliphatic heterocycles. The number of aliphatic hydroxyl groups is 1. The van der Waals surface area contributed by atoms with Gasteiger partial charge in [0.05, 0.1) is 6.10 Å². The Morgan fingerprint density at radius 2 is 1.84 bits per heavy atom. The normalized spacial score (nSPS) is 12.3. The molecule has 0 amide bonds.